The molecule has 27 heavy (non-hydrogen) atoms. The van der Waals surface area contributed by atoms with Gasteiger partial charge >= 0.3 is 5.97 Å². The van der Waals surface area contributed by atoms with Gasteiger partial charge in [-0.2, -0.15) is 5.10 Å². The minimum atomic E-state index is -0.797. The number of rotatable bonds is 4. The summed E-state index contributed by atoms with van der Waals surface area (Å²) in [5, 5.41) is 4.67. The minimum absolute atomic E-state index is 0.191. The molecule has 0 aliphatic carbocycles. The van der Waals surface area contributed by atoms with Gasteiger partial charge < -0.3 is 4.84 Å². The standard InChI is InChI=1S/C19H12FN3O4/c20-12-5-7-14(8-6-12)22-10-9-13(21-22)11-17(24)27-23-18(25)15-3-1-2-4-16(15)19(23)26/h1-10H,11H2. The van der Waals surface area contributed by atoms with Gasteiger partial charge in [-0.05, 0) is 42.5 Å². The zero-order valence-electron chi connectivity index (χ0n) is 13.8. The zero-order valence-corrected chi connectivity index (χ0v) is 13.8. The SMILES string of the molecule is O=C(Cc1ccn(-c2ccc(F)cc2)n1)ON1C(=O)c2ccccc2C1=O. The molecule has 2 aromatic carbocycles. The number of hydroxylamine groups is 2. The maximum atomic E-state index is 13.0. The smallest absolute Gasteiger partial charge is 0.329 e. The number of carbonyl (C=O) groups is 3. The molecule has 2 amide bonds. The van der Waals surface area contributed by atoms with Crippen molar-refractivity contribution >= 4 is 17.8 Å². The first kappa shape index (κ1) is 16.6. The van der Waals surface area contributed by atoms with Crippen molar-refractivity contribution in [2.75, 3.05) is 0 Å². The van der Waals surface area contributed by atoms with E-state index in [1.165, 1.54) is 28.9 Å². The third kappa shape index (κ3) is 3.08. The van der Waals surface area contributed by atoms with Crippen LogP contribution < -0.4 is 0 Å². The molecule has 0 radical (unpaired) electrons. The van der Waals surface area contributed by atoms with Crippen molar-refractivity contribution in [1.82, 2.24) is 14.8 Å². The van der Waals surface area contributed by atoms with Crippen LogP contribution in [0.3, 0.4) is 0 Å². The van der Waals surface area contributed by atoms with Crippen LogP contribution in [0.5, 0.6) is 0 Å². The number of nitrogens with zero attached hydrogens (tertiary/aromatic N) is 3. The van der Waals surface area contributed by atoms with E-state index in [2.05, 4.69) is 5.10 Å². The summed E-state index contributed by atoms with van der Waals surface area (Å²) in [6.07, 6.45) is 1.37. The number of carbonyl (C=O) groups excluding carboxylic acids is 3. The fraction of sp³-hybridized carbons (Fsp3) is 0.0526. The Morgan fingerprint density at radius 3 is 2.22 bits per heavy atom. The molecule has 0 spiro atoms. The lowest BCUT2D eigenvalue weighted by atomic mass is 10.1. The molecule has 0 atom stereocenters. The van der Waals surface area contributed by atoms with Gasteiger partial charge in [0.15, 0.2) is 0 Å². The van der Waals surface area contributed by atoms with Crippen LogP contribution >= 0.6 is 0 Å². The highest BCUT2D eigenvalue weighted by Crippen LogP contribution is 2.22. The number of hydrogen-bond donors (Lipinski definition) is 0. The minimum Gasteiger partial charge on any atom is -0.329 e. The Kier molecular flexibility index (Phi) is 4.00. The van der Waals surface area contributed by atoms with Crippen LogP contribution in [0.4, 0.5) is 4.39 Å². The molecule has 0 bridgehead atoms. The summed E-state index contributed by atoms with van der Waals surface area (Å²) in [7, 11) is 0. The van der Waals surface area contributed by atoms with Crippen molar-refractivity contribution in [2.45, 2.75) is 6.42 Å². The van der Waals surface area contributed by atoms with Gasteiger partial charge in [0, 0.05) is 6.20 Å². The van der Waals surface area contributed by atoms with Crippen LogP contribution in [-0.4, -0.2) is 32.6 Å². The topological polar surface area (TPSA) is 81.5 Å². The lowest BCUT2D eigenvalue weighted by Crippen LogP contribution is -2.33. The molecule has 134 valence electrons. The zero-order chi connectivity index (χ0) is 19.0. The van der Waals surface area contributed by atoms with E-state index in [1.54, 1.807) is 36.5 Å². The Bertz CT molecular complexity index is 1020. The Balaban J connectivity index is 1.44. The molecule has 3 aromatic rings. The molecule has 2 heterocycles. The van der Waals surface area contributed by atoms with Gasteiger partial charge in [0.1, 0.15) is 5.82 Å². The van der Waals surface area contributed by atoms with Crippen LogP contribution in [0.2, 0.25) is 0 Å². The molecule has 0 fully saturated rings. The van der Waals surface area contributed by atoms with Crippen LogP contribution in [0.25, 0.3) is 5.69 Å². The van der Waals surface area contributed by atoms with Crippen LogP contribution in [0.15, 0.2) is 60.8 Å². The molecule has 4 rings (SSSR count). The lowest BCUT2D eigenvalue weighted by Gasteiger charge is -2.12. The quantitative estimate of drug-likeness (QED) is 0.663. The number of halogens is 1. The van der Waals surface area contributed by atoms with Crippen molar-refractivity contribution in [3.8, 4) is 5.69 Å². The molecule has 0 saturated carbocycles. The summed E-state index contributed by atoms with van der Waals surface area (Å²) >= 11 is 0. The Morgan fingerprint density at radius 1 is 0.963 bits per heavy atom. The normalized spacial score (nSPS) is 13.0. The highest BCUT2D eigenvalue weighted by atomic mass is 19.1. The molecule has 7 nitrogen and oxygen atoms in total. The highest BCUT2D eigenvalue weighted by molar-refractivity contribution is 6.20. The average molecular weight is 365 g/mol. The number of amides is 2. The summed E-state index contributed by atoms with van der Waals surface area (Å²) in [6.45, 7) is 0. The summed E-state index contributed by atoms with van der Waals surface area (Å²) in [4.78, 5) is 41.5. The van der Waals surface area contributed by atoms with Gasteiger partial charge in [-0.15, -0.1) is 0 Å². The van der Waals surface area contributed by atoms with Crippen molar-refractivity contribution in [3.63, 3.8) is 0 Å². The second-order valence-corrected chi connectivity index (χ2v) is 5.82. The average Bonchev–Trinajstić information content (AvgIpc) is 3.22. The van der Waals surface area contributed by atoms with Crippen molar-refractivity contribution < 1.29 is 23.6 Å². The second kappa shape index (κ2) is 6.49. The molecule has 1 aliphatic heterocycles. The molecular weight excluding hydrogens is 353 g/mol. The molecule has 0 N–H and O–H groups in total. The monoisotopic (exact) mass is 365 g/mol. The maximum Gasteiger partial charge on any atom is 0.339 e. The number of imide groups is 1. The van der Waals surface area contributed by atoms with E-state index in [9.17, 15) is 18.8 Å². The van der Waals surface area contributed by atoms with E-state index in [0.717, 1.165) is 0 Å². The molecular formula is C19H12FN3O4. The predicted octanol–water partition coefficient (Wildman–Crippen LogP) is 2.31. The molecule has 0 saturated heterocycles. The van der Waals surface area contributed by atoms with E-state index >= 15 is 0 Å². The van der Waals surface area contributed by atoms with Gasteiger partial charge in [-0.1, -0.05) is 17.2 Å². The van der Waals surface area contributed by atoms with Crippen molar-refractivity contribution in [2.24, 2.45) is 0 Å². The second-order valence-electron chi connectivity index (χ2n) is 5.82. The highest BCUT2D eigenvalue weighted by Gasteiger charge is 2.38. The molecule has 0 unspecified atom stereocenters. The van der Waals surface area contributed by atoms with E-state index in [-0.39, 0.29) is 23.4 Å². The molecule has 1 aromatic heterocycles. The summed E-state index contributed by atoms with van der Waals surface area (Å²) in [5.74, 6) is -2.52. The van der Waals surface area contributed by atoms with Crippen LogP contribution in [0, 0.1) is 5.82 Å². The summed E-state index contributed by atoms with van der Waals surface area (Å²) in [6, 6.07) is 13.5. The number of aromatic nitrogens is 2. The first-order valence-electron chi connectivity index (χ1n) is 8.02. The maximum absolute atomic E-state index is 13.0. The Hall–Kier alpha value is -3.81. The Labute approximate surface area is 152 Å². The lowest BCUT2D eigenvalue weighted by molar-refractivity contribution is -0.167. The van der Waals surface area contributed by atoms with Gasteiger partial charge in [-0.25, -0.2) is 13.9 Å². The van der Waals surface area contributed by atoms with Gasteiger partial charge in [-0.3, -0.25) is 9.59 Å². The largest absolute Gasteiger partial charge is 0.339 e. The fourth-order valence-corrected chi connectivity index (χ4v) is 2.73. The number of fused-ring (bicyclic) bond motifs is 1. The summed E-state index contributed by atoms with van der Waals surface area (Å²) < 4.78 is 14.5. The number of hydrogen-bond acceptors (Lipinski definition) is 5. The number of benzene rings is 2. The first-order valence-corrected chi connectivity index (χ1v) is 8.02. The van der Waals surface area contributed by atoms with Crippen LogP contribution in [0.1, 0.15) is 26.4 Å². The van der Waals surface area contributed by atoms with Gasteiger partial charge in [0.25, 0.3) is 11.8 Å². The molecule has 1 aliphatic rings. The van der Waals surface area contributed by atoms with E-state index < -0.39 is 17.8 Å². The third-order valence-electron chi connectivity index (χ3n) is 4.01. The molecule has 8 heteroatoms. The van der Waals surface area contributed by atoms with E-state index in [0.29, 0.717) is 16.4 Å². The summed E-state index contributed by atoms with van der Waals surface area (Å²) in [5.41, 5.74) is 1.38. The van der Waals surface area contributed by atoms with Gasteiger partial charge in [0.05, 0.1) is 28.9 Å². The van der Waals surface area contributed by atoms with E-state index in [1.807, 2.05) is 0 Å². The van der Waals surface area contributed by atoms with Crippen molar-refractivity contribution in [3.05, 3.63) is 83.4 Å². The predicted molar refractivity (Wildman–Crippen MR) is 90.3 cm³/mol. The van der Waals surface area contributed by atoms with Crippen LogP contribution in [-0.2, 0) is 16.1 Å². The Morgan fingerprint density at radius 2 is 1.59 bits per heavy atom. The third-order valence-corrected chi connectivity index (χ3v) is 4.01. The first-order chi connectivity index (χ1) is 13.0. The van der Waals surface area contributed by atoms with Gasteiger partial charge in [0.2, 0.25) is 0 Å². The van der Waals surface area contributed by atoms with E-state index in [4.69, 9.17) is 4.84 Å². The van der Waals surface area contributed by atoms with Crippen molar-refractivity contribution in [1.29, 1.82) is 0 Å². The fourth-order valence-electron chi connectivity index (χ4n) is 2.73.